The number of nitrogens with zero attached hydrogens (tertiary/aromatic N) is 2. The Hall–Kier alpha value is -2.16. The molecule has 0 spiro atoms. The van der Waals surface area contributed by atoms with Crippen LogP contribution in [0.1, 0.15) is 12.7 Å². The second-order valence-electron chi connectivity index (χ2n) is 4.19. The second kappa shape index (κ2) is 4.26. The van der Waals surface area contributed by atoms with Crippen LogP contribution in [0.25, 0.3) is 16.7 Å². The predicted octanol–water partition coefficient (Wildman–Crippen LogP) is 3.73. The first-order valence-corrected chi connectivity index (χ1v) is 6.02. The normalized spacial score (nSPS) is 11.0. The molecule has 0 bridgehead atoms. The molecule has 0 saturated carbocycles. The zero-order valence-corrected chi connectivity index (χ0v) is 10.1. The van der Waals surface area contributed by atoms with E-state index in [1.54, 1.807) is 6.07 Å². The highest BCUT2D eigenvalue weighted by molar-refractivity contribution is 5.78. The smallest absolute Gasteiger partial charge is 0.125 e. The van der Waals surface area contributed by atoms with Gasteiger partial charge in [-0.1, -0.05) is 25.1 Å². The van der Waals surface area contributed by atoms with E-state index in [-0.39, 0.29) is 5.82 Å². The number of aromatic nitrogens is 2. The van der Waals surface area contributed by atoms with Gasteiger partial charge >= 0.3 is 0 Å². The van der Waals surface area contributed by atoms with E-state index in [0.717, 1.165) is 29.0 Å². The SMILES string of the molecule is CCc1nc2ccc(F)cc2n1-c1ccccc1. The molecule has 0 unspecified atom stereocenters. The average Bonchev–Trinajstić information content (AvgIpc) is 2.77. The number of aryl methyl sites for hydroxylation is 1. The minimum absolute atomic E-state index is 0.234. The van der Waals surface area contributed by atoms with Crippen LogP contribution in [0.2, 0.25) is 0 Å². The lowest BCUT2D eigenvalue weighted by atomic mass is 10.2. The van der Waals surface area contributed by atoms with Crippen LogP contribution in [0.3, 0.4) is 0 Å². The van der Waals surface area contributed by atoms with Crippen LogP contribution in [0, 0.1) is 5.82 Å². The zero-order valence-electron chi connectivity index (χ0n) is 10.1. The third-order valence-corrected chi connectivity index (χ3v) is 3.02. The highest BCUT2D eigenvalue weighted by Gasteiger charge is 2.11. The van der Waals surface area contributed by atoms with Crippen LogP contribution in [0.15, 0.2) is 48.5 Å². The fourth-order valence-electron chi connectivity index (χ4n) is 2.20. The third-order valence-electron chi connectivity index (χ3n) is 3.02. The molecule has 0 radical (unpaired) electrons. The Kier molecular flexibility index (Phi) is 2.59. The molecule has 3 rings (SSSR count). The molecule has 2 aromatic carbocycles. The summed E-state index contributed by atoms with van der Waals surface area (Å²) in [4.78, 5) is 4.54. The van der Waals surface area contributed by atoms with Crippen LogP contribution in [-0.4, -0.2) is 9.55 Å². The minimum Gasteiger partial charge on any atom is -0.296 e. The Morgan fingerprint density at radius 3 is 2.61 bits per heavy atom. The quantitative estimate of drug-likeness (QED) is 0.667. The number of halogens is 1. The standard InChI is InChI=1S/C15H13FN2/c1-2-15-17-13-9-8-11(16)10-14(13)18(15)12-6-4-3-5-7-12/h3-10H,2H2,1H3. The summed E-state index contributed by atoms with van der Waals surface area (Å²) >= 11 is 0. The molecule has 0 aliphatic heterocycles. The maximum atomic E-state index is 13.4. The van der Waals surface area contributed by atoms with E-state index in [2.05, 4.69) is 11.9 Å². The van der Waals surface area contributed by atoms with Crippen LogP contribution < -0.4 is 0 Å². The summed E-state index contributed by atoms with van der Waals surface area (Å²) in [5.74, 6) is 0.712. The number of para-hydroxylation sites is 1. The van der Waals surface area contributed by atoms with Crippen molar-refractivity contribution in [3.8, 4) is 5.69 Å². The van der Waals surface area contributed by atoms with Gasteiger partial charge in [-0.3, -0.25) is 4.57 Å². The largest absolute Gasteiger partial charge is 0.296 e. The van der Waals surface area contributed by atoms with Gasteiger partial charge in [-0.05, 0) is 24.3 Å². The van der Waals surface area contributed by atoms with E-state index in [0.29, 0.717) is 0 Å². The molecule has 3 aromatic rings. The van der Waals surface area contributed by atoms with Crippen molar-refractivity contribution in [2.75, 3.05) is 0 Å². The fraction of sp³-hybridized carbons (Fsp3) is 0.133. The van der Waals surface area contributed by atoms with Crippen molar-refractivity contribution < 1.29 is 4.39 Å². The van der Waals surface area contributed by atoms with Crippen molar-refractivity contribution in [2.24, 2.45) is 0 Å². The lowest BCUT2D eigenvalue weighted by molar-refractivity contribution is 0.629. The van der Waals surface area contributed by atoms with Gasteiger partial charge in [0.15, 0.2) is 0 Å². The van der Waals surface area contributed by atoms with Gasteiger partial charge in [-0.15, -0.1) is 0 Å². The number of benzene rings is 2. The zero-order chi connectivity index (χ0) is 12.5. The molecule has 0 aliphatic carbocycles. The first kappa shape index (κ1) is 11.0. The molecule has 0 aliphatic rings. The second-order valence-corrected chi connectivity index (χ2v) is 4.19. The molecule has 1 heterocycles. The van der Waals surface area contributed by atoms with E-state index in [1.807, 2.05) is 34.9 Å². The van der Waals surface area contributed by atoms with Crippen LogP contribution in [0.4, 0.5) is 4.39 Å². The van der Waals surface area contributed by atoms with Gasteiger partial charge in [-0.25, -0.2) is 9.37 Å². The Morgan fingerprint density at radius 2 is 1.89 bits per heavy atom. The predicted molar refractivity (Wildman–Crippen MR) is 70.4 cm³/mol. The maximum Gasteiger partial charge on any atom is 0.125 e. The van der Waals surface area contributed by atoms with E-state index in [4.69, 9.17) is 0 Å². The number of hydrogen-bond acceptors (Lipinski definition) is 1. The lowest BCUT2D eigenvalue weighted by Gasteiger charge is -2.07. The van der Waals surface area contributed by atoms with Gasteiger partial charge in [0, 0.05) is 18.2 Å². The van der Waals surface area contributed by atoms with Gasteiger partial charge in [0.25, 0.3) is 0 Å². The summed E-state index contributed by atoms with van der Waals surface area (Å²) in [6.45, 7) is 2.05. The summed E-state index contributed by atoms with van der Waals surface area (Å²) in [6.07, 6.45) is 0.811. The van der Waals surface area contributed by atoms with Crippen molar-refractivity contribution in [1.82, 2.24) is 9.55 Å². The highest BCUT2D eigenvalue weighted by atomic mass is 19.1. The summed E-state index contributed by atoms with van der Waals surface area (Å²) in [5.41, 5.74) is 2.66. The molecule has 90 valence electrons. The number of rotatable bonds is 2. The molecule has 18 heavy (non-hydrogen) atoms. The molecular formula is C15H13FN2. The molecule has 3 heteroatoms. The molecule has 1 aromatic heterocycles. The van der Waals surface area contributed by atoms with E-state index < -0.39 is 0 Å². The molecule has 0 N–H and O–H groups in total. The van der Waals surface area contributed by atoms with Gasteiger partial charge < -0.3 is 0 Å². The first-order chi connectivity index (χ1) is 8.79. The number of imidazole rings is 1. The van der Waals surface area contributed by atoms with Gasteiger partial charge in [0.1, 0.15) is 11.6 Å². The molecular weight excluding hydrogens is 227 g/mol. The topological polar surface area (TPSA) is 17.8 Å². The molecule has 2 nitrogen and oxygen atoms in total. The van der Waals surface area contributed by atoms with Crippen molar-refractivity contribution in [1.29, 1.82) is 0 Å². The van der Waals surface area contributed by atoms with Crippen LogP contribution in [0.5, 0.6) is 0 Å². The first-order valence-electron chi connectivity index (χ1n) is 6.02. The van der Waals surface area contributed by atoms with Crippen molar-refractivity contribution in [2.45, 2.75) is 13.3 Å². The monoisotopic (exact) mass is 240 g/mol. The third kappa shape index (κ3) is 1.68. The maximum absolute atomic E-state index is 13.4. The Labute approximate surface area is 105 Å². The molecule has 0 atom stereocenters. The average molecular weight is 240 g/mol. The highest BCUT2D eigenvalue weighted by Crippen LogP contribution is 2.22. The lowest BCUT2D eigenvalue weighted by Crippen LogP contribution is -1.99. The Balaban J connectivity index is 2.35. The summed E-state index contributed by atoms with van der Waals surface area (Å²) in [5, 5.41) is 0. The van der Waals surface area contributed by atoms with Crippen LogP contribution >= 0.6 is 0 Å². The number of hydrogen-bond donors (Lipinski definition) is 0. The minimum atomic E-state index is -0.234. The van der Waals surface area contributed by atoms with Gasteiger partial charge in [0.2, 0.25) is 0 Å². The summed E-state index contributed by atoms with van der Waals surface area (Å²) < 4.78 is 15.4. The van der Waals surface area contributed by atoms with E-state index >= 15 is 0 Å². The molecule has 0 saturated heterocycles. The van der Waals surface area contributed by atoms with E-state index in [1.165, 1.54) is 12.1 Å². The van der Waals surface area contributed by atoms with E-state index in [9.17, 15) is 4.39 Å². The summed E-state index contributed by atoms with van der Waals surface area (Å²) in [6, 6.07) is 14.6. The molecule has 0 amide bonds. The van der Waals surface area contributed by atoms with Gasteiger partial charge in [-0.2, -0.15) is 0 Å². The Bertz CT molecular complexity index is 686. The fourth-order valence-corrected chi connectivity index (χ4v) is 2.20. The van der Waals surface area contributed by atoms with Gasteiger partial charge in [0.05, 0.1) is 11.0 Å². The van der Waals surface area contributed by atoms with Crippen molar-refractivity contribution in [3.63, 3.8) is 0 Å². The molecule has 0 fully saturated rings. The van der Waals surface area contributed by atoms with Crippen molar-refractivity contribution in [3.05, 3.63) is 60.2 Å². The Morgan fingerprint density at radius 1 is 1.11 bits per heavy atom. The number of fused-ring (bicyclic) bond motifs is 1. The van der Waals surface area contributed by atoms with Crippen molar-refractivity contribution >= 4 is 11.0 Å². The van der Waals surface area contributed by atoms with Crippen LogP contribution in [-0.2, 0) is 6.42 Å². The summed E-state index contributed by atoms with van der Waals surface area (Å²) in [7, 11) is 0.